The van der Waals surface area contributed by atoms with Crippen LogP contribution in [0, 0.1) is 25.7 Å². The van der Waals surface area contributed by atoms with E-state index in [4.69, 9.17) is 5.73 Å². The molecule has 1 aromatic rings. The number of anilines is 1. The number of nitrogens with one attached hydrogen (secondary N) is 1. The average Bonchev–Trinajstić information content (AvgIpc) is 2.95. The molecule has 0 amide bonds. The third kappa shape index (κ3) is 2.33. The minimum absolute atomic E-state index is 0.111. The molecule has 0 spiro atoms. The number of hydrogen-bond acceptors (Lipinski definition) is 3. The predicted octanol–water partition coefficient (Wildman–Crippen LogP) is 2.35. The van der Waals surface area contributed by atoms with Crippen molar-refractivity contribution in [2.45, 2.75) is 50.5 Å². The second kappa shape index (κ2) is 4.74. The summed E-state index contributed by atoms with van der Waals surface area (Å²) in [6, 6.07) is 3.63. The van der Waals surface area contributed by atoms with Gasteiger partial charge in [-0.2, -0.15) is 0 Å². The second-order valence-electron chi connectivity index (χ2n) is 6.38. The SMILES string of the molecule is Cc1cc(N)c(C)c(S(=O)(=O)NC2CC3CCC2C3)c1. The van der Waals surface area contributed by atoms with Crippen molar-refractivity contribution >= 4 is 15.7 Å². The minimum Gasteiger partial charge on any atom is -0.398 e. The number of rotatable bonds is 3. The van der Waals surface area contributed by atoms with Gasteiger partial charge in [-0.1, -0.05) is 6.42 Å². The van der Waals surface area contributed by atoms with Crippen LogP contribution in [0.2, 0.25) is 0 Å². The number of sulfonamides is 1. The van der Waals surface area contributed by atoms with E-state index in [2.05, 4.69) is 4.72 Å². The van der Waals surface area contributed by atoms with E-state index >= 15 is 0 Å². The van der Waals surface area contributed by atoms with Crippen molar-refractivity contribution in [1.29, 1.82) is 0 Å². The van der Waals surface area contributed by atoms with Gasteiger partial charge in [-0.05, 0) is 68.2 Å². The largest absolute Gasteiger partial charge is 0.398 e. The fourth-order valence-electron chi connectivity index (χ4n) is 3.78. The summed E-state index contributed by atoms with van der Waals surface area (Å²) in [5, 5.41) is 0. The standard InChI is InChI=1S/C15H22N2O2S/c1-9-5-13(16)10(2)15(6-9)20(18,19)17-14-8-11-3-4-12(14)7-11/h5-6,11-12,14,17H,3-4,7-8,16H2,1-2H3. The van der Waals surface area contributed by atoms with Crippen LogP contribution in [0.15, 0.2) is 17.0 Å². The average molecular weight is 294 g/mol. The van der Waals surface area contributed by atoms with Crippen molar-refractivity contribution in [3.8, 4) is 0 Å². The van der Waals surface area contributed by atoms with Gasteiger partial charge in [-0.25, -0.2) is 13.1 Å². The van der Waals surface area contributed by atoms with Crippen LogP contribution < -0.4 is 10.5 Å². The maximum atomic E-state index is 12.6. The molecule has 3 N–H and O–H groups in total. The fourth-order valence-corrected chi connectivity index (χ4v) is 5.46. The van der Waals surface area contributed by atoms with Crippen molar-refractivity contribution in [3.63, 3.8) is 0 Å². The first-order chi connectivity index (χ1) is 9.37. The van der Waals surface area contributed by atoms with E-state index in [1.165, 1.54) is 12.8 Å². The van der Waals surface area contributed by atoms with E-state index in [9.17, 15) is 8.42 Å². The van der Waals surface area contributed by atoms with Crippen LogP contribution in [0.5, 0.6) is 0 Å². The Morgan fingerprint density at radius 1 is 1.20 bits per heavy atom. The molecule has 0 aliphatic heterocycles. The van der Waals surface area contributed by atoms with Crippen LogP contribution in [0.4, 0.5) is 5.69 Å². The van der Waals surface area contributed by atoms with Crippen LogP contribution in [0.25, 0.3) is 0 Å². The summed E-state index contributed by atoms with van der Waals surface area (Å²) < 4.78 is 28.2. The molecule has 2 aliphatic carbocycles. The molecule has 5 heteroatoms. The highest BCUT2D eigenvalue weighted by molar-refractivity contribution is 7.89. The van der Waals surface area contributed by atoms with Crippen molar-refractivity contribution in [2.75, 3.05) is 5.73 Å². The van der Waals surface area contributed by atoms with Gasteiger partial charge in [-0.3, -0.25) is 0 Å². The molecule has 2 bridgehead atoms. The van der Waals surface area contributed by atoms with E-state index < -0.39 is 10.0 Å². The van der Waals surface area contributed by atoms with Crippen molar-refractivity contribution < 1.29 is 8.42 Å². The summed E-state index contributed by atoms with van der Waals surface area (Å²) in [4.78, 5) is 0.331. The molecule has 110 valence electrons. The Hall–Kier alpha value is -1.07. The van der Waals surface area contributed by atoms with Gasteiger partial charge < -0.3 is 5.73 Å². The molecular weight excluding hydrogens is 272 g/mol. The van der Waals surface area contributed by atoms with Crippen LogP contribution in [0.1, 0.15) is 36.8 Å². The van der Waals surface area contributed by atoms with E-state index in [0.717, 1.165) is 24.3 Å². The number of benzene rings is 1. The Morgan fingerprint density at radius 2 is 1.95 bits per heavy atom. The lowest BCUT2D eigenvalue weighted by atomic mass is 9.96. The van der Waals surface area contributed by atoms with Gasteiger partial charge >= 0.3 is 0 Å². The number of aryl methyl sites for hydroxylation is 1. The smallest absolute Gasteiger partial charge is 0.241 e. The van der Waals surface area contributed by atoms with Crippen LogP contribution in [-0.2, 0) is 10.0 Å². The van der Waals surface area contributed by atoms with E-state index in [1.54, 1.807) is 13.0 Å². The molecule has 2 aliphatic rings. The molecule has 2 saturated carbocycles. The van der Waals surface area contributed by atoms with Crippen molar-refractivity contribution in [2.24, 2.45) is 11.8 Å². The highest BCUT2D eigenvalue weighted by Crippen LogP contribution is 2.45. The minimum atomic E-state index is -3.47. The Labute approximate surface area is 120 Å². The first kappa shape index (κ1) is 13.9. The summed E-state index contributed by atoms with van der Waals surface area (Å²) in [7, 11) is -3.47. The maximum Gasteiger partial charge on any atom is 0.241 e. The zero-order valence-electron chi connectivity index (χ0n) is 12.0. The molecule has 0 aromatic heterocycles. The number of fused-ring (bicyclic) bond motifs is 2. The zero-order chi connectivity index (χ0) is 14.5. The number of nitrogen functional groups attached to an aromatic ring is 1. The third-order valence-corrected chi connectivity index (χ3v) is 6.49. The molecule has 0 heterocycles. The van der Waals surface area contributed by atoms with Crippen LogP contribution in [0.3, 0.4) is 0 Å². The molecular formula is C15H22N2O2S. The van der Waals surface area contributed by atoms with Gasteiger partial charge in [0.25, 0.3) is 0 Å². The number of nitrogens with two attached hydrogens (primary N) is 1. The highest BCUT2D eigenvalue weighted by atomic mass is 32.2. The lowest BCUT2D eigenvalue weighted by Gasteiger charge is -2.23. The Morgan fingerprint density at radius 3 is 2.55 bits per heavy atom. The summed E-state index contributed by atoms with van der Waals surface area (Å²) in [6.07, 6.45) is 4.60. The maximum absolute atomic E-state index is 12.6. The van der Waals surface area contributed by atoms with Crippen molar-refractivity contribution in [3.05, 3.63) is 23.3 Å². The molecule has 2 fully saturated rings. The quantitative estimate of drug-likeness (QED) is 0.841. The van der Waals surface area contributed by atoms with Gasteiger partial charge in [0.15, 0.2) is 0 Å². The Kier molecular flexibility index (Phi) is 3.29. The summed E-state index contributed by atoms with van der Waals surface area (Å²) in [5.74, 6) is 1.24. The molecule has 20 heavy (non-hydrogen) atoms. The van der Waals surface area contributed by atoms with Crippen molar-refractivity contribution in [1.82, 2.24) is 4.72 Å². The Bertz CT molecular complexity index is 640. The van der Waals surface area contributed by atoms with Crippen LogP contribution >= 0.6 is 0 Å². The number of hydrogen-bond donors (Lipinski definition) is 2. The predicted molar refractivity (Wildman–Crippen MR) is 79.9 cm³/mol. The summed E-state index contributed by atoms with van der Waals surface area (Å²) >= 11 is 0. The molecule has 1 aromatic carbocycles. The summed E-state index contributed by atoms with van der Waals surface area (Å²) in [6.45, 7) is 3.64. The lowest BCUT2D eigenvalue weighted by molar-refractivity contribution is 0.390. The lowest BCUT2D eigenvalue weighted by Crippen LogP contribution is -2.38. The molecule has 3 rings (SSSR count). The van der Waals surface area contributed by atoms with Crippen LogP contribution in [-0.4, -0.2) is 14.5 Å². The molecule has 0 saturated heterocycles. The van der Waals surface area contributed by atoms with E-state index in [1.807, 2.05) is 13.0 Å². The Balaban J connectivity index is 1.89. The normalized spacial score (nSPS) is 29.0. The monoisotopic (exact) mass is 294 g/mol. The third-order valence-electron chi connectivity index (χ3n) is 4.88. The molecule has 4 nitrogen and oxygen atoms in total. The first-order valence-electron chi connectivity index (χ1n) is 7.26. The molecule has 0 radical (unpaired) electrons. The van der Waals surface area contributed by atoms with E-state index in [-0.39, 0.29) is 6.04 Å². The van der Waals surface area contributed by atoms with Gasteiger partial charge in [0.05, 0.1) is 4.90 Å². The molecule has 3 atom stereocenters. The first-order valence-corrected chi connectivity index (χ1v) is 8.74. The van der Waals surface area contributed by atoms with E-state index in [0.29, 0.717) is 22.1 Å². The van der Waals surface area contributed by atoms with Gasteiger partial charge in [-0.15, -0.1) is 0 Å². The second-order valence-corrected chi connectivity index (χ2v) is 8.06. The van der Waals surface area contributed by atoms with Gasteiger partial charge in [0.1, 0.15) is 0 Å². The highest BCUT2D eigenvalue weighted by Gasteiger charge is 2.41. The summed E-state index contributed by atoms with van der Waals surface area (Å²) in [5.41, 5.74) is 7.96. The molecule has 3 unspecified atom stereocenters. The topological polar surface area (TPSA) is 72.2 Å². The van der Waals surface area contributed by atoms with Gasteiger partial charge in [0, 0.05) is 11.7 Å². The fraction of sp³-hybridized carbons (Fsp3) is 0.600. The van der Waals surface area contributed by atoms with Gasteiger partial charge in [0.2, 0.25) is 10.0 Å². The zero-order valence-corrected chi connectivity index (χ0v) is 12.8.